The molecule has 1 radical (unpaired) electrons. The maximum absolute atomic E-state index is 11.1. The van der Waals surface area contributed by atoms with Crippen LogP contribution in [0.4, 0.5) is 0 Å². The van der Waals surface area contributed by atoms with Crippen molar-refractivity contribution in [2.45, 2.75) is 32.6 Å². The number of allylic oxidation sites excluding steroid dienone is 3. The Bertz CT molecular complexity index is 320. The van der Waals surface area contributed by atoms with Crippen LogP contribution in [0, 0.1) is 19.3 Å². The van der Waals surface area contributed by atoms with Crippen LogP contribution in [-0.2, 0) is 37.5 Å². The molecule has 1 saturated carbocycles. The van der Waals surface area contributed by atoms with Crippen LogP contribution in [0.3, 0.4) is 0 Å². The van der Waals surface area contributed by atoms with Gasteiger partial charge in [-0.1, -0.05) is 30.4 Å². The van der Waals surface area contributed by atoms with E-state index in [-0.39, 0.29) is 38.5 Å². The Morgan fingerprint density at radius 1 is 1.61 bits per heavy atom. The molecule has 3 heteroatoms. The van der Waals surface area contributed by atoms with Crippen LogP contribution in [0.15, 0.2) is 23.3 Å². The number of Topliss-reactive ketones (excluding diaryl/α,β-unsaturated/α-hetero) is 1. The first-order valence-corrected chi connectivity index (χ1v) is 6.36. The molecule has 0 saturated heterocycles. The summed E-state index contributed by atoms with van der Waals surface area (Å²) in [7, 11) is 1.96. The summed E-state index contributed by atoms with van der Waals surface area (Å²) in [5, 5.41) is 3.14. The van der Waals surface area contributed by atoms with Crippen molar-refractivity contribution >= 4 is 5.78 Å². The van der Waals surface area contributed by atoms with Crippen LogP contribution >= 0.6 is 0 Å². The number of likely N-dealkylation sites (N-methyl/N-ethyl adjacent to an activating group) is 1. The van der Waals surface area contributed by atoms with E-state index in [1.807, 2.05) is 7.05 Å². The Hall–Kier alpha value is 0.0839. The minimum absolute atomic E-state index is 0. The molecule has 0 amide bonds. The standard InChI is InChI=1S/C15H23NO.Y/c1-4-13(10-12(2)17)11-15-7-5-6-14(15)8-9-16-3;/h8,10-11,15-16H,1,4-7,9H2,2-3H3;/q-2;/b13-11+,14-8+;/t15-;/m0./s1. The molecule has 0 aliphatic heterocycles. The third-order valence-corrected chi connectivity index (χ3v) is 3.12. The first-order chi connectivity index (χ1) is 8.17. The topological polar surface area (TPSA) is 29.1 Å². The van der Waals surface area contributed by atoms with Gasteiger partial charge in [-0.3, -0.25) is 0 Å². The largest absolute Gasteiger partial charge is 0.342 e. The van der Waals surface area contributed by atoms with Gasteiger partial charge in [-0.2, -0.15) is 12.8 Å². The van der Waals surface area contributed by atoms with Gasteiger partial charge in [-0.25, -0.2) is 11.6 Å². The van der Waals surface area contributed by atoms with Crippen molar-refractivity contribution in [1.82, 2.24) is 5.32 Å². The van der Waals surface area contributed by atoms with Crippen molar-refractivity contribution < 1.29 is 37.5 Å². The first-order valence-electron chi connectivity index (χ1n) is 6.36. The van der Waals surface area contributed by atoms with E-state index in [0.29, 0.717) is 12.3 Å². The second kappa shape index (κ2) is 9.94. The quantitative estimate of drug-likeness (QED) is 0.602. The number of nitrogens with one attached hydrogen (secondary N) is 1. The van der Waals surface area contributed by atoms with E-state index in [4.69, 9.17) is 0 Å². The molecular formula is C15H23NOY-2. The first kappa shape index (κ1) is 18.1. The number of hydrogen-bond acceptors (Lipinski definition) is 2. The molecule has 1 fully saturated rings. The molecule has 0 unspecified atom stereocenters. The van der Waals surface area contributed by atoms with Gasteiger partial charge in [0.05, 0.1) is 5.78 Å². The SMILES string of the molecule is [CH2-]C/C(=C\[C@@H]1CCC/C1=C\CNC)[CH-]C(C)=O.[Y]. The number of rotatable bonds is 6. The van der Waals surface area contributed by atoms with E-state index in [9.17, 15) is 4.79 Å². The van der Waals surface area contributed by atoms with Crippen molar-refractivity contribution in [3.8, 4) is 0 Å². The zero-order chi connectivity index (χ0) is 12.7. The van der Waals surface area contributed by atoms with E-state index in [1.54, 1.807) is 13.3 Å². The maximum atomic E-state index is 11.1. The van der Waals surface area contributed by atoms with Crippen LogP contribution < -0.4 is 5.32 Å². The summed E-state index contributed by atoms with van der Waals surface area (Å²) >= 11 is 0. The predicted molar refractivity (Wildman–Crippen MR) is 72.4 cm³/mol. The van der Waals surface area contributed by atoms with Gasteiger partial charge in [0, 0.05) is 39.3 Å². The molecule has 0 spiro atoms. The van der Waals surface area contributed by atoms with Crippen LogP contribution in [0.25, 0.3) is 0 Å². The van der Waals surface area contributed by atoms with Gasteiger partial charge in [0.2, 0.25) is 0 Å². The van der Waals surface area contributed by atoms with Gasteiger partial charge in [-0.15, -0.1) is 0 Å². The van der Waals surface area contributed by atoms with Crippen molar-refractivity contribution in [3.05, 3.63) is 36.6 Å². The third-order valence-electron chi connectivity index (χ3n) is 3.12. The Kier molecular flexibility index (Phi) is 9.99. The minimum Gasteiger partial charge on any atom is -0.342 e. The second-order valence-electron chi connectivity index (χ2n) is 4.58. The fraction of sp³-hybridized carbons (Fsp3) is 0.533. The monoisotopic (exact) mass is 322 g/mol. The number of carbonyl (C=O) groups is 1. The molecule has 0 heterocycles. The van der Waals surface area contributed by atoms with Crippen molar-refractivity contribution in [1.29, 1.82) is 0 Å². The molecule has 1 rings (SSSR count). The summed E-state index contributed by atoms with van der Waals surface area (Å²) in [5.41, 5.74) is 2.57. The summed E-state index contributed by atoms with van der Waals surface area (Å²) in [4.78, 5) is 11.1. The summed E-state index contributed by atoms with van der Waals surface area (Å²) in [6, 6.07) is 0. The van der Waals surface area contributed by atoms with Gasteiger partial charge in [0.25, 0.3) is 0 Å². The van der Waals surface area contributed by atoms with Crippen LogP contribution in [0.2, 0.25) is 0 Å². The molecule has 0 bridgehead atoms. The van der Waals surface area contributed by atoms with E-state index < -0.39 is 0 Å². The zero-order valence-corrected chi connectivity index (χ0v) is 14.4. The fourth-order valence-electron chi connectivity index (χ4n) is 2.30. The molecule has 0 aromatic rings. The summed E-state index contributed by atoms with van der Waals surface area (Å²) < 4.78 is 0. The molecule has 1 aliphatic rings. The Labute approximate surface area is 137 Å². The van der Waals surface area contributed by atoms with E-state index in [0.717, 1.165) is 12.1 Å². The van der Waals surface area contributed by atoms with E-state index >= 15 is 0 Å². The average molecular weight is 322 g/mol. The van der Waals surface area contributed by atoms with Gasteiger partial charge < -0.3 is 17.0 Å². The molecular weight excluding hydrogens is 299 g/mol. The predicted octanol–water partition coefficient (Wildman–Crippen LogP) is 2.87. The molecule has 2 nitrogen and oxygen atoms in total. The smallest absolute Gasteiger partial charge is 0.0734 e. The summed E-state index contributed by atoms with van der Waals surface area (Å²) in [6.45, 7) is 6.40. The van der Waals surface area contributed by atoms with Gasteiger partial charge in [0.1, 0.15) is 0 Å². The number of carbonyl (C=O) groups excluding carboxylic acids is 1. The third kappa shape index (κ3) is 6.31. The van der Waals surface area contributed by atoms with Crippen LogP contribution in [-0.4, -0.2) is 19.4 Å². The molecule has 1 aliphatic carbocycles. The van der Waals surface area contributed by atoms with Gasteiger partial charge in [-0.05, 0) is 20.4 Å². The van der Waals surface area contributed by atoms with Gasteiger partial charge >= 0.3 is 0 Å². The summed E-state index contributed by atoms with van der Waals surface area (Å²) in [5.74, 6) is 0.620. The Morgan fingerprint density at radius 2 is 2.33 bits per heavy atom. The van der Waals surface area contributed by atoms with Gasteiger partial charge in [0.15, 0.2) is 0 Å². The fourth-order valence-corrected chi connectivity index (χ4v) is 2.30. The normalized spacial score (nSPS) is 21.8. The van der Waals surface area contributed by atoms with E-state index in [2.05, 4.69) is 24.4 Å². The van der Waals surface area contributed by atoms with Crippen molar-refractivity contribution in [2.75, 3.05) is 13.6 Å². The van der Waals surface area contributed by atoms with E-state index in [1.165, 1.54) is 24.8 Å². The molecule has 18 heavy (non-hydrogen) atoms. The molecule has 0 aromatic heterocycles. The number of hydrogen-bond donors (Lipinski definition) is 1. The molecule has 1 atom stereocenters. The average Bonchev–Trinajstić information content (AvgIpc) is 2.72. The van der Waals surface area contributed by atoms with Crippen molar-refractivity contribution in [3.63, 3.8) is 0 Å². The zero-order valence-electron chi connectivity index (χ0n) is 11.5. The number of ketones is 1. The van der Waals surface area contributed by atoms with Crippen LogP contribution in [0.5, 0.6) is 0 Å². The summed E-state index contributed by atoms with van der Waals surface area (Å²) in [6.07, 6.45) is 10.5. The molecule has 0 aromatic carbocycles. The van der Waals surface area contributed by atoms with Crippen molar-refractivity contribution in [2.24, 2.45) is 5.92 Å². The van der Waals surface area contributed by atoms with Crippen LogP contribution in [0.1, 0.15) is 32.6 Å². The second-order valence-corrected chi connectivity index (χ2v) is 4.58. The Morgan fingerprint density at radius 3 is 2.89 bits per heavy atom. The Balaban J connectivity index is 0.00000289. The molecule has 1 N–H and O–H groups in total. The maximum Gasteiger partial charge on any atom is 0.0734 e. The minimum atomic E-state index is 0. The molecule has 99 valence electrons.